The van der Waals surface area contributed by atoms with Crippen LogP contribution in [-0.4, -0.2) is 50.3 Å². The van der Waals surface area contributed by atoms with E-state index in [0.717, 1.165) is 72.2 Å². The molecule has 2 fully saturated rings. The number of nitrogens with zero attached hydrogens (tertiary/aromatic N) is 4. The first-order chi connectivity index (χ1) is 18.7. The van der Waals surface area contributed by atoms with Crippen molar-refractivity contribution in [3.63, 3.8) is 0 Å². The van der Waals surface area contributed by atoms with Crippen LogP contribution in [0.5, 0.6) is 5.75 Å². The normalized spacial score (nSPS) is 21.6. The quantitative estimate of drug-likeness (QED) is 0.320. The summed E-state index contributed by atoms with van der Waals surface area (Å²) in [6.45, 7) is 5.18. The van der Waals surface area contributed by atoms with Crippen LogP contribution in [-0.2, 0) is 13.0 Å². The van der Waals surface area contributed by atoms with Crippen LogP contribution in [0.1, 0.15) is 49.9 Å². The summed E-state index contributed by atoms with van der Waals surface area (Å²) in [6.07, 6.45) is 7.01. The lowest BCUT2D eigenvalue weighted by atomic mass is 9.79. The van der Waals surface area contributed by atoms with Crippen molar-refractivity contribution in [1.82, 2.24) is 19.4 Å². The molecule has 7 heteroatoms. The third-order valence-electron chi connectivity index (χ3n) is 8.40. The lowest BCUT2D eigenvalue weighted by Gasteiger charge is -2.40. The molecule has 198 valence electrons. The lowest BCUT2D eigenvalue weighted by Crippen LogP contribution is -2.41. The Kier molecular flexibility index (Phi) is 7.04. The predicted octanol–water partition coefficient (Wildman–Crippen LogP) is 5.23. The highest BCUT2D eigenvalue weighted by molar-refractivity contribution is 6.02. The fourth-order valence-corrected chi connectivity index (χ4v) is 6.47. The molecule has 2 aromatic carbocycles. The van der Waals surface area contributed by atoms with E-state index in [1.165, 1.54) is 12.1 Å². The minimum absolute atomic E-state index is 0.270. The number of ether oxygens (including phenoxy) is 1. The molecule has 7 nitrogen and oxygen atoms in total. The number of rotatable bonds is 9. The van der Waals surface area contributed by atoms with Gasteiger partial charge < -0.3 is 20.1 Å². The maximum Gasteiger partial charge on any atom is 0.146 e. The van der Waals surface area contributed by atoms with Gasteiger partial charge in [0.05, 0.1) is 12.0 Å². The molecule has 1 aliphatic carbocycles. The van der Waals surface area contributed by atoms with E-state index < -0.39 is 0 Å². The number of nitrogens with two attached hydrogens (primary N) is 1. The predicted molar refractivity (Wildman–Crippen MR) is 151 cm³/mol. The van der Waals surface area contributed by atoms with Gasteiger partial charge in [-0.1, -0.05) is 49.4 Å². The van der Waals surface area contributed by atoms with E-state index in [0.29, 0.717) is 30.4 Å². The van der Waals surface area contributed by atoms with E-state index >= 15 is 0 Å². The van der Waals surface area contributed by atoms with Crippen molar-refractivity contribution >= 4 is 16.9 Å². The molecule has 38 heavy (non-hydrogen) atoms. The first-order valence-electron chi connectivity index (χ1n) is 13.9. The van der Waals surface area contributed by atoms with Crippen molar-refractivity contribution in [2.75, 3.05) is 25.4 Å². The zero-order chi connectivity index (χ0) is 26.1. The van der Waals surface area contributed by atoms with Crippen LogP contribution < -0.4 is 10.5 Å². The van der Waals surface area contributed by atoms with Gasteiger partial charge in [0.25, 0.3) is 0 Å². The van der Waals surface area contributed by atoms with E-state index in [2.05, 4.69) is 45.6 Å². The first kappa shape index (κ1) is 24.9. The van der Waals surface area contributed by atoms with Gasteiger partial charge in [-0.25, -0.2) is 9.97 Å². The Bertz CT molecular complexity index is 1400. The van der Waals surface area contributed by atoms with E-state index in [1.807, 2.05) is 30.3 Å². The van der Waals surface area contributed by atoms with Crippen LogP contribution in [0.4, 0.5) is 5.82 Å². The first-order valence-corrected chi connectivity index (χ1v) is 13.9. The Balaban J connectivity index is 1.30. The molecule has 1 atom stereocenters. The Morgan fingerprint density at radius 1 is 1.08 bits per heavy atom. The van der Waals surface area contributed by atoms with Crippen LogP contribution in [0.15, 0.2) is 60.9 Å². The van der Waals surface area contributed by atoms with Crippen LogP contribution in [0.3, 0.4) is 0 Å². The zero-order valence-electron chi connectivity index (χ0n) is 22.1. The molecule has 2 aliphatic rings. The standard InChI is InChI=1S/C31H37N5O2/c1-2-27-28(23-10-6-12-26(16-23)38-19-21-8-4-3-5-9-21)29-30(32)33-20-34-31(29)36(27)25-14-22(15-25)17-35-13-7-11-24(35)18-37/h3-6,8-10,12,16,20,22,24-25,37H,2,7,11,13-15,17-19H2,1H3,(H2,32,33,34)/t22?,24-,25?/m1/s1. The van der Waals surface area contributed by atoms with Crippen LogP contribution in [0.2, 0.25) is 0 Å². The van der Waals surface area contributed by atoms with Gasteiger partial charge in [0, 0.05) is 29.9 Å². The van der Waals surface area contributed by atoms with Gasteiger partial charge in [-0.05, 0) is 67.8 Å². The minimum atomic E-state index is 0.270. The van der Waals surface area contributed by atoms with E-state index in [1.54, 1.807) is 6.33 Å². The number of anilines is 1. The third-order valence-corrected chi connectivity index (χ3v) is 8.40. The molecule has 3 N–H and O–H groups in total. The highest BCUT2D eigenvalue weighted by Gasteiger charge is 2.37. The number of likely N-dealkylation sites (tertiary alicyclic amines) is 1. The fourth-order valence-electron chi connectivity index (χ4n) is 6.47. The Morgan fingerprint density at radius 3 is 2.71 bits per heavy atom. The minimum Gasteiger partial charge on any atom is -0.489 e. The van der Waals surface area contributed by atoms with Gasteiger partial charge in [0.15, 0.2) is 0 Å². The largest absolute Gasteiger partial charge is 0.489 e. The molecule has 3 heterocycles. The molecule has 0 radical (unpaired) electrons. The third kappa shape index (κ3) is 4.65. The number of aromatic nitrogens is 3. The number of nitrogen functional groups attached to an aromatic ring is 1. The second-order valence-electron chi connectivity index (χ2n) is 10.8. The van der Waals surface area contributed by atoms with Crippen molar-refractivity contribution in [2.24, 2.45) is 5.92 Å². The molecule has 1 saturated heterocycles. The fraction of sp³-hybridized carbons (Fsp3) is 0.419. The summed E-state index contributed by atoms with van der Waals surface area (Å²) in [4.78, 5) is 11.6. The second kappa shape index (κ2) is 10.8. The average molecular weight is 512 g/mol. The number of benzene rings is 2. The number of aliphatic hydroxyl groups excluding tert-OH is 1. The average Bonchev–Trinajstić information content (AvgIpc) is 3.52. The number of aliphatic hydroxyl groups is 1. The smallest absolute Gasteiger partial charge is 0.146 e. The molecule has 0 amide bonds. The Labute approximate surface area is 224 Å². The second-order valence-corrected chi connectivity index (χ2v) is 10.8. The van der Waals surface area contributed by atoms with Crippen molar-refractivity contribution in [2.45, 2.75) is 57.7 Å². The van der Waals surface area contributed by atoms with Crippen molar-refractivity contribution < 1.29 is 9.84 Å². The molecule has 6 rings (SSSR count). The summed E-state index contributed by atoms with van der Waals surface area (Å²) in [7, 11) is 0. The van der Waals surface area contributed by atoms with Crippen LogP contribution >= 0.6 is 0 Å². The number of fused-ring (bicyclic) bond motifs is 1. The SMILES string of the molecule is CCc1c(-c2cccc(OCc3ccccc3)c2)c2c(N)ncnc2n1C1CC(CN2CCC[C@@H]2CO)C1. The van der Waals surface area contributed by atoms with Gasteiger partial charge in [-0.15, -0.1) is 0 Å². The van der Waals surface area contributed by atoms with Gasteiger partial charge in [-0.2, -0.15) is 0 Å². The molecular formula is C31H37N5O2. The number of hydrogen-bond acceptors (Lipinski definition) is 6. The molecule has 4 aromatic rings. The molecule has 1 saturated carbocycles. The molecule has 0 bridgehead atoms. The molecule has 0 unspecified atom stereocenters. The monoisotopic (exact) mass is 511 g/mol. The number of hydrogen-bond donors (Lipinski definition) is 2. The summed E-state index contributed by atoms with van der Waals surface area (Å²) in [5.41, 5.74) is 12.0. The van der Waals surface area contributed by atoms with E-state index in [4.69, 9.17) is 15.5 Å². The van der Waals surface area contributed by atoms with Crippen molar-refractivity contribution in [3.8, 4) is 16.9 Å². The topological polar surface area (TPSA) is 89.4 Å². The Morgan fingerprint density at radius 2 is 1.92 bits per heavy atom. The maximum absolute atomic E-state index is 9.72. The van der Waals surface area contributed by atoms with Gasteiger partial charge in [0.1, 0.15) is 30.1 Å². The Hall–Kier alpha value is -3.42. The van der Waals surface area contributed by atoms with Crippen LogP contribution in [0, 0.1) is 5.92 Å². The van der Waals surface area contributed by atoms with Crippen molar-refractivity contribution in [3.05, 3.63) is 72.2 Å². The highest BCUT2D eigenvalue weighted by atomic mass is 16.5. The van der Waals surface area contributed by atoms with Gasteiger partial charge in [0.2, 0.25) is 0 Å². The molecular weight excluding hydrogens is 474 g/mol. The lowest BCUT2D eigenvalue weighted by molar-refractivity contribution is 0.0963. The summed E-state index contributed by atoms with van der Waals surface area (Å²) < 4.78 is 8.59. The van der Waals surface area contributed by atoms with Gasteiger partial charge in [-0.3, -0.25) is 4.90 Å². The molecule has 2 aromatic heterocycles. The molecule has 0 spiro atoms. The molecule has 1 aliphatic heterocycles. The van der Waals surface area contributed by atoms with Crippen LogP contribution in [0.25, 0.3) is 22.2 Å². The summed E-state index contributed by atoms with van der Waals surface area (Å²) in [6, 6.07) is 19.2. The summed E-state index contributed by atoms with van der Waals surface area (Å²) >= 11 is 0. The van der Waals surface area contributed by atoms with E-state index in [9.17, 15) is 5.11 Å². The summed E-state index contributed by atoms with van der Waals surface area (Å²) in [5.74, 6) is 2.00. The maximum atomic E-state index is 9.72. The van der Waals surface area contributed by atoms with Gasteiger partial charge >= 0.3 is 0 Å². The summed E-state index contributed by atoms with van der Waals surface area (Å²) in [5, 5.41) is 10.7. The van der Waals surface area contributed by atoms with Crippen molar-refractivity contribution in [1.29, 1.82) is 0 Å². The zero-order valence-corrected chi connectivity index (χ0v) is 22.1. The van der Waals surface area contributed by atoms with E-state index in [-0.39, 0.29) is 6.61 Å². The highest BCUT2D eigenvalue weighted by Crippen LogP contribution is 2.46.